The van der Waals surface area contributed by atoms with Crippen LogP contribution in [0.25, 0.3) is 0 Å². The highest BCUT2D eigenvalue weighted by molar-refractivity contribution is 5.69. The summed E-state index contributed by atoms with van der Waals surface area (Å²) >= 11 is 0. The lowest BCUT2D eigenvalue weighted by molar-refractivity contribution is -0.143. The molecule has 0 bridgehead atoms. The van der Waals surface area contributed by atoms with E-state index in [1.54, 1.807) is 21.1 Å². The smallest absolute Gasteiger partial charge is 0.305 e. The minimum Gasteiger partial charge on any atom is -0.466 e. The summed E-state index contributed by atoms with van der Waals surface area (Å²) in [7, 11) is 3.18. The lowest BCUT2D eigenvalue weighted by atomic mass is 10.3. The van der Waals surface area contributed by atoms with E-state index in [2.05, 4.69) is 5.32 Å². The van der Waals surface area contributed by atoms with Gasteiger partial charge in [-0.3, -0.25) is 4.79 Å². The van der Waals surface area contributed by atoms with Crippen molar-refractivity contribution in [2.75, 3.05) is 33.9 Å². The zero-order chi connectivity index (χ0) is 11.5. The van der Waals surface area contributed by atoms with Gasteiger partial charge < -0.3 is 19.5 Å². The van der Waals surface area contributed by atoms with E-state index in [1.807, 2.05) is 0 Å². The highest BCUT2D eigenvalue weighted by Gasteiger charge is 2.04. The van der Waals surface area contributed by atoms with Crippen molar-refractivity contribution in [1.29, 1.82) is 0 Å². The summed E-state index contributed by atoms with van der Waals surface area (Å²) in [6.45, 7) is 3.62. The Hall–Kier alpha value is -0.650. The van der Waals surface area contributed by atoms with E-state index in [0.29, 0.717) is 19.6 Å². The Bertz CT molecular complexity index is 160. The van der Waals surface area contributed by atoms with E-state index in [1.165, 1.54) is 0 Å². The highest BCUT2D eigenvalue weighted by atomic mass is 16.7. The standard InChI is InChI=1S/C10H21NO4/c1-4-15-9(12)6-5-7-11-8-10(13-2)14-3/h10-11H,4-8H2,1-3H3. The molecule has 0 aliphatic rings. The van der Waals surface area contributed by atoms with Crippen LogP contribution < -0.4 is 5.32 Å². The maximum atomic E-state index is 11.0. The van der Waals surface area contributed by atoms with Gasteiger partial charge in [0, 0.05) is 27.2 Å². The van der Waals surface area contributed by atoms with Crippen LogP contribution in [0.5, 0.6) is 0 Å². The molecule has 0 heterocycles. The zero-order valence-corrected chi connectivity index (χ0v) is 9.75. The van der Waals surface area contributed by atoms with Crippen molar-refractivity contribution in [3.8, 4) is 0 Å². The third-order valence-electron chi connectivity index (χ3n) is 1.88. The molecule has 0 saturated carbocycles. The van der Waals surface area contributed by atoms with Crippen molar-refractivity contribution in [3.63, 3.8) is 0 Å². The van der Waals surface area contributed by atoms with Crippen LogP contribution in [0.1, 0.15) is 19.8 Å². The first-order chi connectivity index (χ1) is 7.24. The molecule has 0 unspecified atom stereocenters. The van der Waals surface area contributed by atoms with Crippen molar-refractivity contribution in [1.82, 2.24) is 5.32 Å². The van der Waals surface area contributed by atoms with Crippen LogP contribution in [0, 0.1) is 0 Å². The van der Waals surface area contributed by atoms with Crippen LogP contribution >= 0.6 is 0 Å². The molecule has 1 N–H and O–H groups in total. The topological polar surface area (TPSA) is 56.8 Å². The number of hydrogen-bond donors (Lipinski definition) is 1. The van der Waals surface area contributed by atoms with Crippen LogP contribution in [0.2, 0.25) is 0 Å². The Morgan fingerprint density at radius 2 is 2.00 bits per heavy atom. The van der Waals surface area contributed by atoms with E-state index in [-0.39, 0.29) is 12.3 Å². The van der Waals surface area contributed by atoms with E-state index in [4.69, 9.17) is 14.2 Å². The average Bonchev–Trinajstić information content (AvgIpc) is 2.24. The largest absolute Gasteiger partial charge is 0.466 e. The molecule has 0 aromatic rings. The van der Waals surface area contributed by atoms with Gasteiger partial charge in [-0.2, -0.15) is 0 Å². The highest BCUT2D eigenvalue weighted by Crippen LogP contribution is 1.92. The lowest BCUT2D eigenvalue weighted by Gasteiger charge is -2.13. The van der Waals surface area contributed by atoms with Crippen LogP contribution in [-0.2, 0) is 19.0 Å². The van der Waals surface area contributed by atoms with Gasteiger partial charge in [-0.15, -0.1) is 0 Å². The number of methoxy groups -OCH3 is 2. The molecule has 0 spiro atoms. The first kappa shape index (κ1) is 14.3. The minimum absolute atomic E-state index is 0.144. The maximum absolute atomic E-state index is 11.0. The van der Waals surface area contributed by atoms with Crippen molar-refractivity contribution in [2.45, 2.75) is 26.1 Å². The summed E-state index contributed by atoms with van der Waals surface area (Å²) < 4.78 is 14.8. The second kappa shape index (κ2) is 9.89. The molecule has 0 fully saturated rings. The quantitative estimate of drug-likeness (QED) is 0.348. The lowest BCUT2D eigenvalue weighted by Crippen LogP contribution is -2.30. The summed E-state index contributed by atoms with van der Waals surface area (Å²) in [5, 5.41) is 3.13. The summed E-state index contributed by atoms with van der Waals surface area (Å²) in [4.78, 5) is 11.0. The fraction of sp³-hybridized carbons (Fsp3) is 0.900. The van der Waals surface area contributed by atoms with E-state index in [0.717, 1.165) is 13.0 Å². The average molecular weight is 219 g/mol. The molecular formula is C10H21NO4. The van der Waals surface area contributed by atoms with Gasteiger partial charge in [0.05, 0.1) is 6.61 Å². The van der Waals surface area contributed by atoms with Gasteiger partial charge in [0.1, 0.15) is 0 Å². The second-order valence-corrected chi connectivity index (χ2v) is 3.01. The van der Waals surface area contributed by atoms with E-state index < -0.39 is 0 Å². The third-order valence-corrected chi connectivity index (χ3v) is 1.88. The number of rotatable bonds is 9. The third kappa shape index (κ3) is 8.35. The van der Waals surface area contributed by atoms with Crippen LogP contribution in [-0.4, -0.2) is 46.2 Å². The number of esters is 1. The molecule has 0 saturated heterocycles. The molecule has 0 radical (unpaired) electrons. The predicted molar refractivity (Wildman–Crippen MR) is 56.5 cm³/mol. The Morgan fingerprint density at radius 1 is 1.33 bits per heavy atom. The summed E-state index contributed by atoms with van der Waals surface area (Å²) in [5.74, 6) is -0.144. The molecule has 0 aliphatic carbocycles. The summed E-state index contributed by atoms with van der Waals surface area (Å²) in [6.07, 6.45) is 0.984. The van der Waals surface area contributed by atoms with E-state index >= 15 is 0 Å². The molecule has 0 aliphatic heterocycles. The molecule has 5 heteroatoms. The van der Waals surface area contributed by atoms with Gasteiger partial charge in [-0.05, 0) is 19.9 Å². The Kier molecular flexibility index (Phi) is 9.46. The van der Waals surface area contributed by atoms with Crippen LogP contribution in [0.4, 0.5) is 0 Å². The number of hydrogen-bond acceptors (Lipinski definition) is 5. The second-order valence-electron chi connectivity index (χ2n) is 3.01. The molecule has 15 heavy (non-hydrogen) atoms. The Balaban J connectivity index is 3.27. The van der Waals surface area contributed by atoms with E-state index in [9.17, 15) is 4.79 Å². The molecule has 0 rings (SSSR count). The SMILES string of the molecule is CCOC(=O)CCCNCC(OC)OC. The first-order valence-corrected chi connectivity index (χ1v) is 5.16. The van der Waals surface area contributed by atoms with Gasteiger partial charge >= 0.3 is 5.97 Å². The first-order valence-electron chi connectivity index (χ1n) is 5.16. The molecular weight excluding hydrogens is 198 g/mol. The molecule has 0 amide bonds. The van der Waals surface area contributed by atoms with Gasteiger partial charge in [0.25, 0.3) is 0 Å². The molecule has 0 aromatic heterocycles. The fourth-order valence-electron chi connectivity index (χ4n) is 1.07. The predicted octanol–water partition coefficient (Wildman–Crippen LogP) is 0.538. The Labute approximate surface area is 91.1 Å². The van der Waals surface area contributed by atoms with Gasteiger partial charge in [0.15, 0.2) is 6.29 Å². The summed E-state index contributed by atoms with van der Waals surface area (Å²) in [6, 6.07) is 0. The zero-order valence-electron chi connectivity index (χ0n) is 9.75. The monoisotopic (exact) mass is 219 g/mol. The van der Waals surface area contributed by atoms with Gasteiger partial charge in [-0.1, -0.05) is 0 Å². The van der Waals surface area contributed by atoms with Crippen molar-refractivity contribution >= 4 is 5.97 Å². The molecule has 0 atom stereocenters. The molecule has 0 aromatic carbocycles. The van der Waals surface area contributed by atoms with Gasteiger partial charge in [-0.25, -0.2) is 0 Å². The normalized spacial score (nSPS) is 10.7. The van der Waals surface area contributed by atoms with Crippen molar-refractivity contribution in [2.24, 2.45) is 0 Å². The molecule has 90 valence electrons. The summed E-state index contributed by atoms with van der Waals surface area (Å²) in [5.41, 5.74) is 0. The number of ether oxygens (including phenoxy) is 3. The number of carbonyl (C=O) groups excluding carboxylic acids is 1. The van der Waals surface area contributed by atoms with Crippen molar-refractivity contribution < 1.29 is 19.0 Å². The Morgan fingerprint density at radius 3 is 2.53 bits per heavy atom. The number of nitrogens with one attached hydrogen (secondary N) is 1. The van der Waals surface area contributed by atoms with Gasteiger partial charge in [0.2, 0.25) is 0 Å². The number of carbonyl (C=O) groups is 1. The molecule has 5 nitrogen and oxygen atoms in total. The van der Waals surface area contributed by atoms with Crippen LogP contribution in [0.3, 0.4) is 0 Å². The van der Waals surface area contributed by atoms with Crippen molar-refractivity contribution in [3.05, 3.63) is 0 Å². The van der Waals surface area contributed by atoms with Crippen LogP contribution in [0.15, 0.2) is 0 Å². The minimum atomic E-state index is -0.229. The maximum Gasteiger partial charge on any atom is 0.305 e. The fourth-order valence-corrected chi connectivity index (χ4v) is 1.07.